The van der Waals surface area contributed by atoms with Crippen molar-refractivity contribution in [1.29, 1.82) is 0 Å². The molecular weight excluding hydrogens is 371 g/mol. The lowest BCUT2D eigenvalue weighted by Gasteiger charge is -2.28. The molecule has 0 saturated heterocycles. The minimum atomic E-state index is -4.63. The molecular formula is C12H11BrF3N3OS. The zero-order valence-electron chi connectivity index (χ0n) is 10.7. The molecule has 2 atom stereocenters. The second kappa shape index (κ2) is 5.62. The molecule has 0 saturated carbocycles. The fraction of sp³-hybridized carbons (Fsp3) is 0.333. The van der Waals surface area contributed by atoms with Gasteiger partial charge in [-0.05, 0) is 13.0 Å². The number of thioether (sulfide) groups is 1. The first-order chi connectivity index (χ1) is 9.61. The van der Waals surface area contributed by atoms with E-state index in [0.29, 0.717) is 21.8 Å². The molecule has 1 aliphatic rings. The Balaban J connectivity index is 2.18. The maximum atomic E-state index is 12.6. The monoisotopic (exact) mass is 381 g/mol. The summed E-state index contributed by atoms with van der Waals surface area (Å²) in [4.78, 5) is 14.7. The minimum absolute atomic E-state index is 0.136. The van der Waals surface area contributed by atoms with Crippen molar-refractivity contribution in [2.45, 2.75) is 24.0 Å². The number of nitrogens with one attached hydrogen (secondary N) is 1. The van der Waals surface area contributed by atoms with Gasteiger partial charge < -0.3 is 11.1 Å². The van der Waals surface area contributed by atoms with Crippen molar-refractivity contribution >= 4 is 38.8 Å². The van der Waals surface area contributed by atoms with Crippen molar-refractivity contribution in [3.05, 3.63) is 34.3 Å². The van der Waals surface area contributed by atoms with Gasteiger partial charge >= 0.3 is 6.18 Å². The first kappa shape index (κ1) is 16.3. The van der Waals surface area contributed by atoms with Gasteiger partial charge in [0.25, 0.3) is 5.91 Å². The van der Waals surface area contributed by atoms with Crippen LogP contribution in [0.1, 0.15) is 12.5 Å². The number of carbonyl (C=O) groups is 1. The molecule has 2 rings (SSSR count). The standard InChI is InChI=1S/C12H11BrF3N3OS/c1-11(17,6-4-2-3-5-7(6)13)19-10-18-9(20)8(21-10)12(14,15)16/h2-5,8H,17H2,1H3,(H,18,19,20)/t8?,11-/m0/s1. The van der Waals surface area contributed by atoms with E-state index in [4.69, 9.17) is 5.73 Å². The van der Waals surface area contributed by atoms with Crippen LogP contribution in [0.3, 0.4) is 0 Å². The molecule has 114 valence electrons. The molecule has 1 heterocycles. The molecule has 3 N–H and O–H groups in total. The Morgan fingerprint density at radius 3 is 2.52 bits per heavy atom. The summed E-state index contributed by atoms with van der Waals surface area (Å²) in [6.07, 6.45) is -4.63. The van der Waals surface area contributed by atoms with Crippen molar-refractivity contribution < 1.29 is 18.0 Å². The van der Waals surface area contributed by atoms with E-state index in [9.17, 15) is 18.0 Å². The Morgan fingerprint density at radius 2 is 2.00 bits per heavy atom. The Kier molecular flexibility index (Phi) is 4.36. The molecule has 4 nitrogen and oxygen atoms in total. The number of hydrogen-bond donors (Lipinski definition) is 2. The van der Waals surface area contributed by atoms with E-state index in [1.165, 1.54) is 0 Å². The summed E-state index contributed by atoms with van der Waals surface area (Å²) < 4.78 is 38.6. The number of amidine groups is 1. The van der Waals surface area contributed by atoms with Gasteiger partial charge in [0, 0.05) is 10.0 Å². The molecule has 1 amide bonds. The zero-order chi connectivity index (χ0) is 15.8. The van der Waals surface area contributed by atoms with E-state index < -0.39 is 23.0 Å². The third-order valence-corrected chi connectivity index (χ3v) is 4.58. The average Bonchev–Trinajstić information content (AvgIpc) is 2.69. The van der Waals surface area contributed by atoms with Gasteiger partial charge in [0.05, 0.1) is 0 Å². The van der Waals surface area contributed by atoms with Crippen LogP contribution >= 0.6 is 27.7 Å². The van der Waals surface area contributed by atoms with Crippen LogP contribution in [0.4, 0.5) is 13.2 Å². The van der Waals surface area contributed by atoms with Gasteiger partial charge in [-0.15, -0.1) is 0 Å². The molecule has 0 fully saturated rings. The van der Waals surface area contributed by atoms with E-state index in [0.717, 1.165) is 0 Å². The largest absolute Gasteiger partial charge is 0.409 e. The summed E-state index contributed by atoms with van der Waals surface area (Å²) in [6, 6.07) is 7.02. The highest BCUT2D eigenvalue weighted by atomic mass is 79.9. The maximum Gasteiger partial charge on any atom is 0.409 e. The van der Waals surface area contributed by atoms with E-state index >= 15 is 0 Å². The number of aliphatic imine (C=N–C) groups is 1. The normalized spacial score (nSPS) is 21.9. The van der Waals surface area contributed by atoms with Crippen LogP contribution in [0.15, 0.2) is 33.7 Å². The topological polar surface area (TPSA) is 67.5 Å². The van der Waals surface area contributed by atoms with Gasteiger partial charge in [-0.2, -0.15) is 18.2 Å². The third kappa shape index (κ3) is 3.58. The first-order valence-electron chi connectivity index (χ1n) is 5.79. The molecule has 0 aliphatic carbocycles. The second-order valence-corrected chi connectivity index (χ2v) is 6.55. The van der Waals surface area contributed by atoms with Gasteiger partial charge in [0.1, 0.15) is 5.66 Å². The van der Waals surface area contributed by atoms with E-state index in [1.54, 1.807) is 31.2 Å². The zero-order valence-corrected chi connectivity index (χ0v) is 13.1. The Bertz CT molecular complexity index is 604. The number of rotatable bonds is 2. The number of nitrogens with zero attached hydrogens (tertiary/aromatic N) is 1. The number of amides is 1. The van der Waals surface area contributed by atoms with E-state index in [-0.39, 0.29) is 5.17 Å². The van der Waals surface area contributed by atoms with Crippen LogP contribution in [-0.2, 0) is 10.5 Å². The lowest BCUT2D eigenvalue weighted by molar-refractivity contribution is -0.146. The number of carbonyl (C=O) groups excluding carboxylic acids is 1. The lowest BCUT2D eigenvalue weighted by atomic mass is 10.0. The molecule has 0 spiro atoms. The van der Waals surface area contributed by atoms with Gasteiger partial charge in [-0.25, -0.2) is 0 Å². The van der Waals surface area contributed by atoms with Crippen LogP contribution in [-0.4, -0.2) is 22.5 Å². The van der Waals surface area contributed by atoms with E-state index in [2.05, 4.69) is 26.2 Å². The Labute approximate surface area is 131 Å². The number of halogens is 4. The minimum Gasteiger partial charge on any atom is -0.343 e. The Hall–Kier alpha value is -1.06. The summed E-state index contributed by atoms with van der Waals surface area (Å²) in [5.41, 5.74) is 5.55. The third-order valence-electron chi connectivity index (χ3n) is 2.76. The highest BCUT2D eigenvalue weighted by Crippen LogP contribution is 2.36. The molecule has 1 unspecified atom stereocenters. The number of nitrogens with two attached hydrogens (primary N) is 1. The fourth-order valence-corrected chi connectivity index (χ4v) is 3.40. The van der Waals surface area contributed by atoms with Crippen molar-refractivity contribution in [2.75, 3.05) is 0 Å². The van der Waals surface area contributed by atoms with Crippen LogP contribution in [0.2, 0.25) is 0 Å². The summed E-state index contributed by atoms with van der Waals surface area (Å²) >= 11 is 3.65. The molecule has 0 bridgehead atoms. The smallest absolute Gasteiger partial charge is 0.343 e. The molecule has 1 aromatic rings. The van der Waals surface area contributed by atoms with Crippen molar-refractivity contribution in [2.24, 2.45) is 10.7 Å². The molecule has 21 heavy (non-hydrogen) atoms. The molecule has 9 heteroatoms. The lowest BCUT2D eigenvalue weighted by Crippen LogP contribution is -2.50. The molecule has 0 radical (unpaired) electrons. The van der Waals surface area contributed by atoms with Gasteiger partial charge in [0.15, 0.2) is 10.4 Å². The van der Waals surface area contributed by atoms with Crippen LogP contribution in [0.25, 0.3) is 0 Å². The molecule has 1 aliphatic heterocycles. The summed E-state index contributed by atoms with van der Waals surface area (Å²) in [5.74, 6) is -1.22. The van der Waals surface area contributed by atoms with Crippen molar-refractivity contribution in [3.63, 3.8) is 0 Å². The summed E-state index contributed by atoms with van der Waals surface area (Å²) in [7, 11) is 0. The van der Waals surface area contributed by atoms with Crippen LogP contribution in [0, 0.1) is 0 Å². The van der Waals surface area contributed by atoms with Crippen molar-refractivity contribution in [3.8, 4) is 0 Å². The summed E-state index contributed by atoms with van der Waals surface area (Å²) in [6.45, 7) is 1.58. The van der Waals surface area contributed by atoms with E-state index in [1.807, 2.05) is 0 Å². The summed E-state index contributed by atoms with van der Waals surface area (Å²) in [5, 5.41) is 0.377. The molecule has 0 aromatic heterocycles. The number of hydrogen-bond acceptors (Lipinski definition) is 4. The highest BCUT2D eigenvalue weighted by Gasteiger charge is 2.50. The Morgan fingerprint density at radius 1 is 1.38 bits per heavy atom. The fourth-order valence-electron chi connectivity index (χ4n) is 1.78. The van der Waals surface area contributed by atoms with Gasteiger partial charge in [-0.3, -0.25) is 4.79 Å². The predicted molar refractivity (Wildman–Crippen MR) is 78.7 cm³/mol. The second-order valence-electron chi connectivity index (χ2n) is 4.60. The molecule has 1 aromatic carbocycles. The first-order valence-corrected chi connectivity index (χ1v) is 7.46. The van der Waals surface area contributed by atoms with Crippen molar-refractivity contribution in [1.82, 2.24) is 5.32 Å². The highest BCUT2D eigenvalue weighted by molar-refractivity contribution is 9.10. The quantitative estimate of drug-likeness (QED) is 0.772. The maximum absolute atomic E-state index is 12.6. The number of benzene rings is 1. The number of alkyl halides is 3. The average molecular weight is 382 g/mol. The van der Waals surface area contributed by atoms with Crippen LogP contribution in [0.5, 0.6) is 0 Å². The SMILES string of the molecule is C[C@](N)(NC1=NC(=O)C(C(F)(F)F)S1)c1ccccc1Br. The van der Waals surface area contributed by atoms with Crippen LogP contribution < -0.4 is 11.1 Å². The van der Waals surface area contributed by atoms with Gasteiger partial charge in [0.2, 0.25) is 0 Å². The van der Waals surface area contributed by atoms with Gasteiger partial charge in [-0.1, -0.05) is 45.9 Å². The predicted octanol–water partition coefficient (Wildman–Crippen LogP) is 2.73.